The fourth-order valence-electron chi connectivity index (χ4n) is 9.86. The number of carboxylic acids is 2. The average Bonchev–Trinajstić information content (AvgIpc) is 1.56. The van der Waals surface area contributed by atoms with Crippen LogP contribution in [0.4, 0.5) is 0 Å². The summed E-state index contributed by atoms with van der Waals surface area (Å²) >= 11 is 0. The van der Waals surface area contributed by atoms with Crippen LogP contribution in [-0.2, 0) is 69.0 Å². The fourth-order valence-corrected chi connectivity index (χ4v) is 9.86. The Bertz CT molecular complexity index is 2930. The molecule has 4 aromatic rings. The third-order valence-corrected chi connectivity index (χ3v) is 14.2. The van der Waals surface area contributed by atoms with Gasteiger partial charge in [-0.15, -0.1) is 0 Å². The normalized spacial score (nSPS) is 20.2. The molecule has 2 saturated carbocycles. The predicted molar refractivity (Wildman–Crippen MR) is 279 cm³/mol. The van der Waals surface area contributed by atoms with Gasteiger partial charge in [-0.3, -0.25) is 39.6 Å². The number of amidine groups is 2. The van der Waals surface area contributed by atoms with E-state index in [4.69, 9.17) is 51.3 Å². The van der Waals surface area contributed by atoms with E-state index in [0.717, 1.165) is 0 Å². The number of fused-ring (bicyclic) bond motifs is 2. The molecule has 4 aliphatic rings. The molecule has 4 amide bonds. The van der Waals surface area contributed by atoms with Crippen LogP contribution in [0.25, 0.3) is 0 Å². The molecule has 0 aliphatic heterocycles. The Balaban J connectivity index is 0.000000300. The van der Waals surface area contributed by atoms with Crippen molar-refractivity contribution >= 4 is 71.7 Å². The van der Waals surface area contributed by atoms with Crippen molar-refractivity contribution < 1.29 is 146 Å². The summed E-state index contributed by atoms with van der Waals surface area (Å²) < 4.78 is 11.5. The SMILES string of the molecule is N=C(N)c1ccc(C(=O)NCC2CCC(OC(=O)C3(OOCC(=O)[O-])c4cccc(C(=O)CNC=O)c43)CC2)cc1.N=C(N)c1ccc(C(=O)NCC2CCC(OC(=O)C3(OOCC(=O)[O-])c4cccc(C(=O)CNC=O)c43)CC2)cc1.[Na+].[Na+]. The molecular weight excluding hydrogens is 1120 g/mol. The topological polar surface area (TPSA) is 420 Å². The summed E-state index contributed by atoms with van der Waals surface area (Å²) in [5.41, 5.74) is 10.2. The number of nitrogen functional groups attached to an aromatic ring is 2. The van der Waals surface area contributed by atoms with Crippen LogP contribution in [0.2, 0.25) is 0 Å². The second kappa shape index (κ2) is 31.1. The number of hydrogen-bond acceptors (Lipinski definition) is 20. The van der Waals surface area contributed by atoms with Gasteiger partial charge in [0.15, 0.2) is 11.6 Å². The van der Waals surface area contributed by atoms with Gasteiger partial charge >= 0.3 is 71.1 Å². The molecule has 2 atom stereocenters. The van der Waals surface area contributed by atoms with E-state index in [1.54, 1.807) is 48.5 Å². The van der Waals surface area contributed by atoms with E-state index >= 15 is 0 Å². The quantitative estimate of drug-likeness (QED) is 0.00383. The van der Waals surface area contributed by atoms with E-state index < -0.39 is 72.1 Å². The second-order valence-corrected chi connectivity index (χ2v) is 19.6. The molecule has 10 N–H and O–H groups in total. The molecule has 2 fully saturated rings. The van der Waals surface area contributed by atoms with Crippen LogP contribution in [0, 0.1) is 22.7 Å². The van der Waals surface area contributed by atoms with E-state index in [1.165, 1.54) is 36.4 Å². The van der Waals surface area contributed by atoms with Crippen molar-refractivity contribution in [2.75, 3.05) is 39.4 Å². The molecule has 28 heteroatoms. The van der Waals surface area contributed by atoms with Gasteiger partial charge in [-0.05, 0) is 87.5 Å². The number of carbonyl (C=O) groups is 10. The van der Waals surface area contributed by atoms with Gasteiger partial charge in [-0.25, -0.2) is 29.1 Å². The van der Waals surface area contributed by atoms with Crippen molar-refractivity contribution in [2.45, 2.75) is 74.8 Å². The molecule has 4 aromatic carbocycles. The minimum atomic E-state index is -1.91. The predicted octanol–water partition coefficient (Wildman–Crippen LogP) is -6.62. The number of rotatable bonds is 28. The summed E-state index contributed by atoms with van der Waals surface area (Å²) in [6.45, 7) is -1.65. The molecule has 84 heavy (non-hydrogen) atoms. The zero-order valence-electron chi connectivity index (χ0n) is 45.9. The summed E-state index contributed by atoms with van der Waals surface area (Å²) in [7, 11) is 0. The van der Waals surface area contributed by atoms with Crippen LogP contribution in [0.5, 0.6) is 0 Å². The number of benzene rings is 4. The Kier molecular flexibility index (Phi) is 25.0. The third kappa shape index (κ3) is 16.6. The zero-order valence-corrected chi connectivity index (χ0v) is 49.9. The summed E-state index contributed by atoms with van der Waals surface area (Å²) in [4.78, 5) is 140. The molecule has 0 saturated heterocycles. The number of ether oxygens (including phenoxy) is 2. The smallest absolute Gasteiger partial charge is 0.547 e. The standard InChI is InChI=1S/2C28H30N4O9.2Na/c2*29-25(30)17-6-8-18(9-7-17)26(37)32-12-16-4-10-19(11-5-16)40-27(38)28(41-39-14-23(35)36)21-3-1-2-20(24(21)28)22(34)13-31-15-33;;/h2*1-3,6-9,15-16,19H,4-5,10-14H2,(H3,29,30)(H,31,33)(H,32,37)(H,35,36);;/q;;2*+1/p-2. The van der Waals surface area contributed by atoms with Crippen molar-refractivity contribution in [3.8, 4) is 0 Å². The number of Topliss-reactive ketones (excluding diaryl/α,β-unsaturated/α-hetero) is 2. The first-order chi connectivity index (χ1) is 39.3. The maximum absolute atomic E-state index is 13.4. The zero-order chi connectivity index (χ0) is 59.1. The van der Waals surface area contributed by atoms with Gasteiger partial charge in [-0.1, -0.05) is 60.7 Å². The summed E-state index contributed by atoms with van der Waals surface area (Å²) in [6.07, 6.45) is 4.55. The van der Waals surface area contributed by atoms with E-state index in [-0.39, 0.29) is 130 Å². The molecule has 0 aromatic heterocycles. The number of carboxylic acid groups (broad SMARTS) is 2. The van der Waals surface area contributed by atoms with Gasteiger partial charge in [-0.2, -0.15) is 0 Å². The van der Waals surface area contributed by atoms with Gasteiger partial charge in [0.25, 0.3) is 23.0 Å². The molecular formula is C56H58N8Na2O18. The van der Waals surface area contributed by atoms with E-state index in [0.29, 0.717) is 111 Å². The van der Waals surface area contributed by atoms with Crippen LogP contribution in [0.15, 0.2) is 84.9 Å². The summed E-state index contributed by atoms with van der Waals surface area (Å²) in [5.74, 6) is -6.12. The molecule has 432 valence electrons. The first kappa shape index (κ1) is 67.5. The Morgan fingerprint density at radius 2 is 0.857 bits per heavy atom. The number of hydrogen-bond donors (Lipinski definition) is 8. The van der Waals surface area contributed by atoms with Crippen LogP contribution in [-0.4, -0.2) is 123 Å². The molecule has 26 nitrogen and oxygen atoms in total. The average molecular weight is 1180 g/mol. The number of ketones is 2. The van der Waals surface area contributed by atoms with Crippen molar-refractivity contribution in [2.24, 2.45) is 23.3 Å². The number of amides is 4. The van der Waals surface area contributed by atoms with Crippen LogP contribution in [0.3, 0.4) is 0 Å². The number of aliphatic carboxylic acids is 2. The van der Waals surface area contributed by atoms with Gasteiger partial charge in [0.2, 0.25) is 12.8 Å². The fraction of sp³-hybridized carbons (Fsp3) is 0.357. The minimum absolute atomic E-state index is 0. The van der Waals surface area contributed by atoms with Crippen molar-refractivity contribution in [3.05, 3.63) is 141 Å². The molecule has 0 radical (unpaired) electrons. The van der Waals surface area contributed by atoms with Gasteiger partial charge in [0.05, 0.1) is 25.0 Å². The van der Waals surface area contributed by atoms with Crippen LogP contribution in [0.1, 0.15) is 126 Å². The number of carbonyl (C=O) groups excluding carboxylic acids is 10. The first-order valence-electron chi connectivity index (χ1n) is 25.9. The van der Waals surface area contributed by atoms with E-state index in [2.05, 4.69) is 21.3 Å². The molecule has 2 unspecified atom stereocenters. The minimum Gasteiger partial charge on any atom is -0.547 e. The molecule has 0 heterocycles. The summed E-state index contributed by atoms with van der Waals surface area (Å²) in [6, 6.07) is 21.9. The van der Waals surface area contributed by atoms with Gasteiger partial charge < -0.3 is 62.0 Å². The van der Waals surface area contributed by atoms with Crippen LogP contribution >= 0.6 is 0 Å². The first-order valence-corrected chi connectivity index (χ1v) is 25.9. The Morgan fingerprint density at radius 3 is 1.17 bits per heavy atom. The maximum atomic E-state index is 13.4. The molecule has 4 aliphatic carbocycles. The molecule has 0 spiro atoms. The van der Waals surface area contributed by atoms with Crippen molar-refractivity contribution in [3.63, 3.8) is 0 Å². The largest absolute Gasteiger partial charge is 1.00 e. The third-order valence-electron chi connectivity index (χ3n) is 14.2. The number of nitrogens with one attached hydrogen (secondary N) is 6. The number of esters is 2. The Hall–Kier alpha value is -7.24. The second-order valence-electron chi connectivity index (χ2n) is 19.6. The van der Waals surface area contributed by atoms with Gasteiger partial charge in [0.1, 0.15) is 37.1 Å². The van der Waals surface area contributed by atoms with E-state index in [9.17, 15) is 58.2 Å². The van der Waals surface area contributed by atoms with Crippen molar-refractivity contribution in [1.29, 1.82) is 10.8 Å². The van der Waals surface area contributed by atoms with Crippen molar-refractivity contribution in [1.82, 2.24) is 21.3 Å². The summed E-state index contributed by atoms with van der Waals surface area (Å²) in [5, 5.41) is 46.9. The Morgan fingerprint density at radius 1 is 0.524 bits per heavy atom. The maximum Gasteiger partial charge on any atom is 1.00 e. The molecule has 0 bridgehead atoms. The molecule has 8 rings (SSSR count). The van der Waals surface area contributed by atoms with Crippen LogP contribution < -0.4 is 102 Å². The van der Waals surface area contributed by atoms with Gasteiger partial charge in [0, 0.05) is 68.7 Å². The Labute approximate surface area is 524 Å². The number of nitrogens with two attached hydrogens (primary N) is 2. The monoisotopic (exact) mass is 1180 g/mol. The van der Waals surface area contributed by atoms with E-state index in [1.807, 2.05) is 0 Å².